The minimum atomic E-state index is -0.484. The molecule has 0 saturated heterocycles. The third kappa shape index (κ3) is 4.04. The maximum Gasteiger partial charge on any atom is 0.268 e. The number of anilines is 1. The average molecular weight is 311 g/mol. The Morgan fingerprint density at radius 3 is 2.95 bits per heavy atom. The minimum absolute atomic E-state index is 0.00125. The van der Waals surface area contributed by atoms with Gasteiger partial charge in [-0.2, -0.15) is 5.26 Å². The third-order valence-corrected chi connectivity index (χ3v) is 3.38. The molecule has 0 fully saturated rings. The summed E-state index contributed by atoms with van der Waals surface area (Å²) in [4.78, 5) is 15.9. The lowest BCUT2D eigenvalue weighted by Crippen LogP contribution is -2.13. The molecule has 0 spiro atoms. The molecule has 1 N–H and O–H groups in total. The number of amides is 1. The molecule has 0 bridgehead atoms. The third-order valence-electron chi connectivity index (χ3n) is 2.70. The number of carbonyl (C=O) groups excluding carboxylic acids is 1. The van der Waals surface area contributed by atoms with Gasteiger partial charge in [0.15, 0.2) is 5.13 Å². The summed E-state index contributed by atoms with van der Waals surface area (Å²) in [6.07, 6.45) is 6.44. The number of thiazole rings is 1. The quantitative estimate of drug-likeness (QED) is 0.522. The molecule has 0 radical (unpaired) electrons. The maximum atomic E-state index is 11.9. The second kappa shape index (κ2) is 7.76. The second-order valence-electron chi connectivity index (χ2n) is 4.08. The lowest BCUT2D eigenvalue weighted by molar-refractivity contribution is -0.112. The van der Waals surface area contributed by atoms with Crippen LogP contribution in [-0.4, -0.2) is 18.0 Å². The zero-order chi connectivity index (χ0) is 15.8. The number of benzene rings is 1. The van der Waals surface area contributed by atoms with Crippen molar-refractivity contribution in [2.45, 2.75) is 0 Å². The van der Waals surface area contributed by atoms with Gasteiger partial charge in [0.25, 0.3) is 5.91 Å². The number of nitrogens with one attached hydrogen (secondary N) is 1. The van der Waals surface area contributed by atoms with E-state index in [1.807, 2.05) is 30.3 Å². The fourth-order valence-corrected chi connectivity index (χ4v) is 2.19. The van der Waals surface area contributed by atoms with E-state index in [1.54, 1.807) is 30.8 Å². The summed E-state index contributed by atoms with van der Waals surface area (Å²) in [7, 11) is 1.59. The topological polar surface area (TPSA) is 75.0 Å². The largest absolute Gasteiger partial charge is 0.496 e. The molecule has 6 heteroatoms. The van der Waals surface area contributed by atoms with Crippen molar-refractivity contribution in [1.29, 1.82) is 5.26 Å². The zero-order valence-corrected chi connectivity index (χ0v) is 12.6. The van der Waals surface area contributed by atoms with Crippen LogP contribution in [-0.2, 0) is 4.79 Å². The monoisotopic (exact) mass is 311 g/mol. The molecule has 2 aromatic rings. The van der Waals surface area contributed by atoms with Crippen LogP contribution in [0.25, 0.3) is 6.08 Å². The first-order chi connectivity index (χ1) is 10.7. The van der Waals surface area contributed by atoms with Crippen LogP contribution in [0.2, 0.25) is 0 Å². The smallest absolute Gasteiger partial charge is 0.268 e. The first-order valence-electron chi connectivity index (χ1n) is 6.37. The molecule has 0 atom stereocenters. The Hall–Kier alpha value is -2.91. The van der Waals surface area contributed by atoms with E-state index in [2.05, 4.69) is 10.3 Å². The van der Waals surface area contributed by atoms with Crippen molar-refractivity contribution in [1.82, 2.24) is 4.98 Å². The van der Waals surface area contributed by atoms with Gasteiger partial charge in [0.05, 0.1) is 7.11 Å². The lowest BCUT2D eigenvalue weighted by atomic mass is 10.1. The van der Waals surface area contributed by atoms with Crippen molar-refractivity contribution >= 4 is 28.5 Å². The van der Waals surface area contributed by atoms with Crippen molar-refractivity contribution < 1.29 is 9.53 Å². The molecule has 0 aliphatic heterocycles. The molecule has 5 nitrogen and oxygen atoms in total. The highest BCUT2D eigenvalue weighted by atomic mass is 32.1. The van der Waals surface area contributed by atoms with E-state index < -0.39 is 5.91 Å². The van der Waals surface area contributed by atoms with Crippen LogP contribution in [0.5, 0.6) is 5.75 Å². The standard InChI is InChI=1S/C16H13N3O2S/c1-21-14-8-3-2-5-12(14)6-4-7-13(11-17)15(20)19-16-18-9-10-22-16/h2-10H,1H3,(H,18,19,20)/b6-4+,13-7+. The summed E-state index contributed by atoms with van der Waals surface area (Å²) in [5.74, 6) is 0.236. The van der Waals surface area contributed by atoms with Crippen LogP contribution < -0.4 is 10.1 Å². The summed E-state index contributed by atoms with van der Waals surface area (Å²) in [5, 5.41) is 13.8. The molecule has 0 unspecified atom stereocenters. The van der Waals surface area contributed by atoms with Gasteiger partial charge >= 0.3 is 0 Å². The van der Waals surface area contributed by atoms with Gasteiger partial charge in [0, 0.05) is 17.1 Å². The number of nitrogens with zero attached hydrogens (tertiary/aromatic N) is 2. The normalized spacial score (nSPS) is 11.2. The first-order valence-corrected chi connectivity index (χ1v) is 7.25. The number of para-hydroxylation sites is 1. The SMILES string of the molecule is COc1ccccc1/C=C/C=C(\C#N)C(=O)Nc1nccs1. The highest BCUT2D eigenvalue weighted by Gasteiger charge is 2.09. The number of nitriles is 1. The van der Waals surface area contributed by atoms with E-state index in [4.69, 9.17) is 10.00 Å². The Labute approximate surface area is 132 Å². The van der Waals surface area contributed by atoms with Crippen LogP contribution in [0.1, 0.15) is 5.56 Å². The number of ether oxygens (including phenoxy) is 1. The molecule has 1 aromatic carbocycles. The van der Waals surface area contributed by atoms with Gasteiger partial charge in [-0.1, -0.05) is 30.4 Å². The molecule has 2 rings (SSSR count). The zero-order valence-electron chi connectivity index (χ0n) is 11.8. The van der Waals surface area contributed by atoms with Crippen LogP contribution in [0, 0.1) is 11.3 Å². The molecular weight excluding hydrogens is 298 g/mol. The number of rotatable bonds is 5. The molecule has 110 valence electrons. The van der Waals surface area contributed by atoms with Crippen molar-refractivity contribution in [3.8, 4) is 11.8 Å². The maximum absolute atomic E-state index is 11.9. The fraction of sp³-hybridized carbons (Fsp3) is 0.0625. The highest BCUT2D eigenvalue weighted by Crippen LogP contribution is 2.18. The fourth-order valence-electron chi connectivity index (χ4n) is 1.67. The van der Waals surface area contributed by atoms with E-state index >= 15 is 0 Å². The second-order valence-corrected chi connectivity index (χ2v) is 4.98. The van der Waals surface area contributed by atoms with Crippen LogP contribution in [0.15, 0.2) is 53.6 Å². The molecule has 1 amide bonds. The summed E-state index contributed by atoms with van der Waals surface area (Å²) in [6, 6.07) is 9.34. The average Bonchev–Trinajstić information content (AvgIpc) is 3.04. The van der Waals surface area contributed by atoms with Crippen LogP contribution >= 0.6 is 11.3 Å². The Balaban J connectivity index is 2.10. The van der Waals surface area contributed by atoms with Gasteiger partial charge in [0.1, 0.15) is 17.4 Å². The lowest BCUT2D eigenvalue weighted by Gasteiger charge is -2.02. The van der Waals surface area contributed by atoms with Crippen LogP contribution in [0.4, 0.5) is 5.13 Å². The van der Waals surface area contributed by atoms with Gasteiger partial charge in [-0.15, -0.1) is 11.3 Å². The van der Waals surface area contributed by atoms with Crippen molar-refractivity contribution in [2.24, 2.45) is 0 Å². The number of hydrogen-bond donors (Lipinski definition) is 1. The van der Waals surface area contributed by atoms with Gasteiger partial charge < -0.3 is 4.74 Å². The Morgan fingerprint density at radius 2 is 2.27 bits per heavy atom. The number of carbonyl (C=O) groups is 1. The summed E-state index contributed by atoms with van der Waals surface area (Å²) in [6.45, 7) is 0. The van der Waals surface area contributed by atoms with E-state index in [-0.39, 0.29) is 5.57 Å². The first kappa shape index (κ1) is 15.5. The van der Waals surface area contributed by atoms with E-state index in [9.17, 15) is 4.79 Å². The van der Waals surface area contributed by atoms with E-state index in [1.165, 1.54) is 17.4 Å². The van der Waals surface area contributed by atoms with Crippen molar-refractivity contribution in [2.75, 3.05) is 12.4 Å². The molecular formula is C16H13N3O2S. The number of aromatic nitrogens is 1. The molecule has 1 aromatic heterocycles. The summed E-state index contributed by atoms with van der Waals surface area (Å²) >= 11 is 1.29. The van der Waals surface area contributed by atoms with Gasteiger partial charge in [-0.05, 0) is 12.1 Å². The minimum Gasteiger partial charge on any atom is -0.496 e. The van der Waals surface area contributed by atoms with Gasteiger partial charge in [-0.3, -0.25) is 10.1 Å². The molecule has 22 heavy (non-hydrogen) atoms. The number of methoxy groups -OCH3 is 1. The molecule has 1 heterocycles. The summed E-state index contributed by atoms with van der Waals surface area (Å²) in [5.41, 5.74) is 0.861. The summed E-state index contributed by atoms with van der Waals surface area (Å²) < 4.78 is 5.22. The van der Waals surface area contributed by atoms with E-state index in [0.717, 1.165) is 11.3 Å². The van der Waals surface area contributed by atoms with Gasteiger partial charge in [-0.25, -0.2) is 4.98 Å². The Kier molecular flexibility index (Phi) is 5.46. The Morgan fingerprint density at radius 1 is 1.45 bits per heavy atom. The van der Waals surface area contributed by atoms with E-state index in [0.29, 0.717) is 5.13 Å². The molecule has 0 aliphatic rings. The van der Waals surface area contributed by atoms with Gasteiger partial charge in [0.2, 0.25) is 0 Å². The predicted octanol–water partition coefficient (Wildman–Crippen LogP) is 3.25. The molecule has 0 saturated carbocycles. The van der Waals surface area contributed by atoms with Crippen LogP contribution in [0.3, 0.4) is 0 Å². The van der Waals surface area contributed by atoms with Crippen molar-refractivity contribution in [3.05, 3.63) is 59.1 Å². The Bertz CT molecular complexity index is 743. The predicted molar refractivity (Wildman–Crippen MR) is 86.5 cm³/mol. The number of allylic oxidation sites excluding steroid dienone is 2. The van der Waals surface area contributed by atoms with Crippen molar-refractivity contribution in [3.63, 3.8) is 0 Å². The molecule has 0 aliphatic carbocycles. The number of hydrogen-bond acceptors (Lipinski definition) is 5. The highest BCUT2D eigenvalue weighted by molar-refractivity contribution is 7.13.